The van der Waals surface area contributed by atoms with E-state index >= 15 is 0 Å². The molecular weight excluding hydrogens is 268 g/mol. The third-order valence-electron chi connectivity index (χ3n) is 3.60. The number of amides is 1. The van der Waals surface area contributed by atoms with Crippen LogP contribution in [-0.2, 0) is 11.3 Å². The van der Waals surface area contributed by atoms with E-state index in [1.54, 1.807) is 6.20 Å². The van der Waals surface area contributed by atoms with Crippen molar-refractivity contribution in [1.29, 1.82) is 0 Å². The molecule has 6 heteroatoms. The van der Waals surface area contributed by atoms with Crippen molar-refractivity contribution in [3.8, 4) is 0 Å². The van der Waals surface area contributed by atoms with Crippen LogP contribution in [0.15, 0.2) is 17.1 Å². The zero-order valence-electron chi connectivity index (χ0n) is 12.8. The molecule has 2 rings (SSSR count). The number of hydrogen-bond acceptors (Lipinski definition) is 4. The van der Waals surface area contributed by atoms with Gasteiger partial charge in [0.05, 0.1) is 11.9 Å². The number of rotatable bonds is 6. The Labute approximate surface area is 124 Å². The molecule has 6 nitrogen and oxygen atoms in total. The van der Waals surface area contributed by atoms with E-state index in [-0.39, 0.29) is 24.1 Å². The van der Waals surface area contributed by atoms with E-state index in [2.05, 4.69) is 29.6 Å². The Hall–Kier alpha value is -1.85. The maximum Gasteiger partial charge on any atom is 0.269 e. The predicted molar refractivity (Wildman–Crippen MR) is 82.2 cm³/mol. The molecule has 21 heavy (non-hydrogen) atoms. The Morgan fingerprint density at radius 2 is 2.14 bits per heavy atom. The summed E-state index contributed by atoms with van der Waals surface area (Å²) in [5.74, 6) is 0.351. The van der Waals surface area contributed by atoms with Crippen LogP contribution in [0.2, 0.25) is 0 Å². The smallest absolute Gasteiger partial charge is 0.269 e. The number of nitrogens with zero attached hydrogens (tertiary/aromatic N) is 2. The summed E-state index contributed by atoms with van der Waals surface area (Å²) in [6, 6.07) is 1.75. The fraction of sp³-hybridized carbons (Fsp3) is 0.667. The summed E-state index contributed by atoms with van der Waals surface area (Å²) < 4.78 is 1.20. The quantitative estimate of drug-likeness (QED) is 0.830. The lowest BCUT2D eigenvalue weighted by Gasteiger charge is -2.13. The van der Waals surface area contributed by atoms with Crippen LogP contribution in [-0.4, -0.2) is 28.3 Å². The highest BCUT2D eigenvalue weighted by Gasteiger charge is 2.17. The van der Waals surface area contributed by atoms with Crippen LogP contribution < -0.4 is 16.2 Å². The van der Waals surface area contributed by atoms with Gasteiger partial charge in [-0.1, -0.05) is 26.7 Å². The minimum atomic E-state index is -0.259. The van der Waals surface area contributed by atoms with Crippen LogP contribution >= 0.6 is 0 Å². The van der Waals surface area contributed by atoms with Crippen molar-refractivity contribution in [3.05, 3.63) is 22.6 Å². The summed E-state index contributed by atoms with van der Waals surface area (Å²) in [6.45, 7) is 4.96. The van der Waals surface area contributed by atoms with Crippen molar-refractivity contribution in [2.45, 2.75) is 52.1 Å². The first-order chi connectivity index (χ1) is 10.0. The lowest BCUT2D eigenvalue weighted by molar-refractivity contribution is -0.122. The fourth-order valence-electron chi connectivity index (χ4n) is 2.45. The summed E-state index contributed by atoms with van der Waals surface area (Å²) in [4.78, 5) is 23.8. The number of carbonyl (C=O) groups excluding carboxylic acids is 1. The molecule has 1 aliphatic carbocycles. The molecule has 0 saturated heterocycles. The molecule has 0 aromatic carbocycles. The Morgan fingerprint density at radius 3 is 2.76 bits per heavy atom. The van der Waals surface area contributed by atoms with Crippen molar-refractivity contribution >= 4 is 11.6 Å². The lowest BCUT2D eigenvalue weighted by Crippen LogP contribution is -2.38. The van der Waals surface area contributed by atoms with Gasteiger partial charge in [-0.15, -0.1) is 0 Å². The van der Waals surface area contributed by atoms with Gasteiger partial charge in [0, 0.05) is 18.7 Å². The van der Waals surface area contributed by atoms with Crippen LogP contribution in [0.25, 0.3) is 0 Å². The third kappa shape index (κ3) is 4.88. The molecule has 2 N–H and O–H groups in total. The predicted octanol–water partition coefficient (Wildman–Crippen LogP) is 1.37. The molecule has 1 saturated carbocycles. The van der Waals surface area contributed by atoms with Gasteiger partial charge >= 0.3 is 0 Å². The van der Waals surface area contributed by atoms with Gasteiger partial charge in [-0.25, -0.2) is 4.68 Å². The summed E-state index contributed by atoms with van der Waals surface area (Å²) in [7, 11) is 0. The van der Waals surface area contributed by atoms with Crippen LogP contribution in [0.3, 0.4) is 0 Å². The maximum atomic E-state index is 11.9. The summed E-state index contributed by atoms with van der Waals surface area (Å²) >= 11 is 0. The average Bonchev–Trinajstić information content (AvgIpc) is 2.92. The van der Waals surface area contributed by atoms with Gasteiger partial charge in [0.15, 0.2) is 0 Å². The normalized spacial score (nSPS) is 15.4. The fourth-order valence-corrected chi connectivity index (χ4v) is 2.45. The van der Waals surface area contributed by atoms with Gasteiger partial charge in [-0.2, -0.15) is 5.10 Å². The molecule has 1 amide bonds. The Bertz CT molecular complexity index is 533. The maximum absolute atomic E-state index is 11.9. The summed E-state index contributed by atoms with van der Waals surface area (Å²) in [5, 5.41) is 10.2. The zero-order chi connectivity index (χ0) is 15.2. The molecule has 1 aromatic rings. The number of hydrogen-bond donors (Lipinski definition) is 2. The average molecular weight is 292 g/mol. The van der Waals surface area contributed by atoms with E-state index < -0.39 is 0 Å². The first-order valence-electron chi connectivity index (χ1n) is 7.65. The standard InChI is InChI=1S/C15H24N4O2/c1-11(2)8-16-13-7-15(21)19(17-9-13)10-14(20)18-12-5-3-4-6-12/h7,9,11-12,16H,3-6,8,10H2,1-2H3,(H,18,20). The highest BCUT2D eigenvalue weighted by molar-refractivity contribution is 5.76. The van der Waals surface area contributed by atoms with E-state index in [4.69, 9.17) is 0 Å². The van der Waals surface area contributed by atoms with E-state index in [0.29, 0.717) is 11.6 Å². The van der Waals surface area contributed by atoms with Gasteiger partial charge in [-0.3, -0.25) is 9.59 Å². The van der Waals surface area contributed by atoms with Gasteiger partial charge in [-0.05, 0) is 18.8 Å². The van der Waals surface area contributed by atoms with Gasteiger partial charge in [0.1, 0.15) is 6.54 Å². The molecule has 1 aliphatic rings. The lowest BCUT2D eigenvalue weighted by atomic mass is 10.2. The second-order valence-electron chi connectivity index (χ2n) is 6.06. The van der Waals surface area contributed by atoms with Crippen molar-refractivity contribution < 1.29 is 4.79 Å². The van der Waals surface area contributed by atoms with E-state index in [1.807, 2.05) is 0 Å². The van der Waals surface area contributed by atoms with Crippen LogP contribution in [0.4, 0.5) is 5.69 Å². The highest BCUT2D eigenvalue weighted by atomic mass is 16.2. The Kier molecular flexibility index (Phi) is 5.36. The summed E-state index contributed by atoms with van der Waals surface area (Å²) in [5.41, 5.74) is 0.437. The minimum absolute atomic E-state index is 0.0141. The van der Waals surface area contributed by atoms with Gasteiger partial charge in [0.2, 0.25) is 5.91 Å². The summed E-state index contributed by atoms with van der Waals surface area (Å²) in [6.07, 6.45) is 5.99. The molecule has 0 atom stereocenters. The third-order valence-corrected chi connectivity index (χ3v) is 3.60. The molecule has 0 radical (unpaired) electrons. The van der Waals surface area contributed by atoms with Crippen LogP contribution in [0, 0.1) is 5.92 Å². The monoisotopic (exact) mass is 292 g/mol. The molecule has 0 spiro atoms. The molecule has 1 heterocycles. The van der Waals surface area contributed by atoms with Crippen LogP contribution in [0.5, 0.6) is 0 Å². The van der Waals surface area contributed by atoms with Crippen LogP contribution in [0.1, 0.15) is 39.5 Å². The molecule has 116 valence electrons. The molecule has 0 unspecified atom stereocenters. The topological polar surface area (TPSA) is 76.0 Å². The first-order valence-corrected chi connectivity index (χ1v) is 7.65. The number of nitrogens with one attached hydrogen (secondary N) is 2. The van der Waals surface area contributed by atoms with E-state index in [9.17, 15) is 9.59 Å². The van der Waals surface area contributed by atoms with Crippen molar-refractivity contribution in [2.75, 3.05) is 11.9 Å². The number of aromatic nitrogens is 2. The molecular formula is C15H24N4O2. The largest absolute Gasteiger partial charge is 0.383 e. The highest BCUT2D eigenvalue weighted by Crippen LogP contribution is 2.17. The van der Waals surface area contributed by atoms with E-state index in [0.717, 1.165) is 19.4 Å². The number of anilines is 1. The Balaban J connectivity index is 1.90. The molecule has 1 fully saturated rings. The van der Waals surface area contributed by atoms with Gasteiger partial charge in [0.25, 0.3) is 5.56 Å². The second-order valence-corrected chi connectivity index (χ2v) is 6.06. The van der Waals surface area contributed by atoms with Crippen molar-refractivity contribution in [3.63, 3.8) is 0 Å². The second kappa shape index (κ2) is 7.24. The minimum Gasteiger partial charge on any atom is -0.383 e. The zero-order valence-corrected chi connectivity index (χ0v) is 12.8. The van der Waals surface area contributed by atoms with E-state index in [1.165, 1.54) is 23.6 Å². The Morgan fingerprint density at radius 1 is 1.43 bits per heavy atom. The van der Waals surface area contributed by atoms with Crippen molar-refractivity contribution in [1.82, 2.24) is 15.1 Å². The van der Waals surface area contributed by atoms with Gasteiger partial charge < -0.3 is 10.6 Å². The molecule has 1 aromatic heterocycles. The SMILES string of the molecule is CC(C)CNc1cnn(CC(=O)NC2CCCC2)c(=O)c1. The molecule has 0 bridgehead atoms. The first kappa shape index (κ1) is 15.5. The number of carbonyl (C=O) groups is 1. The van der Waals surface area contributed by atoms with Crippen molar-refractivity contribution in [2.24, 2.45) is 5.92 Å². The molecule has 0 aliphatic heterocycles.